The SMILES string of the molecule is CCCCCCCCCCC(=O)OC(CCCCCCCCCC)[C@H](CCO)N=[N+]=[N-]. The standard InChI is InChI=1S/C25H49N3O3/c1-3-5-7-9-11-13-15-17-19-24(23(21-22-29)27-28-26)31-25(30)20-18-16-14-12-10-8-6-4-2/h23-24,29H,3-22H2,1-2H3/t23-,24?/m0/s1. The summed E-state index contributed by atoms with van der Waals surface area (Å²) in [6.07, 6.45) is 20.2. The van der Waals surface area contributed by atoms with E-state index in [1.165, 1.54) is 77.0 Å². The van der Waals surface area contributed by atoms with Crippen LogP contribution in [0.5, 0.6) is 0 Å². The van der Waals surface area contributed by atoms with Crippen molar-refractivity contribution in [3.05, 3.63) is 10.4 Å². The largest absolute Gasteiger partial charge is 0.462 e. The van der Waals surface area contributed by atoms with Gasteiger partial charge in [-0.05, 0) is 31.2 Å². The quantitative estimate of drug-likeness (QED) is 0.0574. The average molecular weight is 440 g/mol. The maximum absolute atomic E-state index is 12.4. The van der Waals surface area contributed by atoms with Gasteiger partial charge in [-0.3, -0.25) is 4.79 Å². The predicted molar refractivity (Wildman–Crippen MR) is 129 cm³/mol. The van der Waals surface area contributed by atoms with Gasteiger partial charge in [0.15, 0.2) is 0 Å². The Kier molecular flexibility index (Phi) is 22.5. The molecular weight excluding hydrogens is 390 g/mol. The van der Waals surface area contributed by atoms with E-state index in [0.717, 1.165) is 25.7 Å². The summed E-state index contributed by atoms with van der Waals surface area (Å²) in [4.78, 5) is 15.3. The second-order valence-corrected chi connectivity index (χ2v) is 8.80. The highest BCUT2D eigenvalue weighted by Gasteiger charge is 2.23. The number of carbonyl (C=O) groups excluding carboxylic acids is 1. The van der Waals surface area contributed by atoms with Gasteiger partial charge in [-0.2, -0.15) is 0 Å². The van der Waals surface area contributed by atoms with Crippen LogP contribution in [-0.4, -0.2) is 29.8 Å². The number of unbranched alkanes of at least 4 members (excludes halogenated alkanes) is 14. The van der Waals surface area contributed by atoms with Crippen molar-refractivity contribution in [3.63, 3.8) is 0 Å². The minimum atomic E-state index is -0.484. The maximum Gasteiger partial charge on any atom is 0.306 e. The van der Waals surface area contributed by atoms with Crippen molar-refractivity contribution in [2.24, 2.45) is 5.11 Å². The van der Waals surface area contributed by atoms with Crippen LogP contribution in [-0.2, 0) is 9.53 Å². The van der Waals surface area contributed by atoms with Gasteiger partial charge in [-0.15, -0.1) is 0 Å². The average Bonchev–Trinajstić information content (AvgIpc) is 2.76. The fraction of sp³-hybridized carbons (Fsp3) is 0.960. The molecule has 6 nitrogen and oxygen atoms in total. The minimum absolute atomic E-state index is 0.0762. The van der Waals surface area contributed by atoms with Crippen molar-refractivity contribution in [1.82, 2.24) is 0 Å². The molecule has 0 rings (SSSR count). The molecule has 0 radical (unpaired) electrons. The van der Waals surface area contributed by atoms with E-state index in [0.29, 0.717) is 19.3 Å². The molecular formula is C25H49N3O3. The molecule has 0 aliphatic rings. The number of azide groups is 1. The van der Waals surface area contributed by atoms with Crippen molar-refractivity contribution >= 4 is 5.97 Å². The summed E-state index contributed by atoms with van der Waals surface area (Å²) in [5.74, 6) is -0.202. The van der Waals surface area contributed by atoms with Gasteiger partial charge in [0.2, 0.25) is 0 Å². The third-order valence-electron chi connectivity index (χ3n) is 5.91. The molecule has 2 atom stereocenters. The predicted octanol–water partition coefficient (Wildman–Crippen LogP) is 8.02. The second-order valence-electron chi connectivity index (χ2n) is 8.80. The van der Waals surface area contributed by atoms with E-state index in [2.05, 4.69) is 23.9 Å². The van der Waals surface area contributed by atoms with Crippen LogP contribution < -0.4 is 0 Å². The lowest BCUT2D eigenvalue weighted by molar-refractivity contribution is -0.151. The number of nitrogens with zero attached hydrogens (tertiary/aromatic N) is 3. The van der Waals surface area contributed by atoms with E-state index < -0.39 is 12.1 Å². The summed E-state index contributed by atoms with van der Waals surface area (Å²) >= 11 is 0. The van der Waals surface area contributed by atoms with Gasteiger partial charge in [0.25, 0.3) is 0 Å². The van der Waals surface area contributed by atoms with Crippen LogP contribution in [0, 0.1) is 0 Å². The fourth-order valence-electron chi connectivity index (χ4n) is 3.96. The zero-order valence-corrected chi connectivity index (χ0v) is 20.4. The molecule has 0 heterocycles. The molecule has 0 saturated heterocycles. The van der Waals surface area contributed by atoms with Crippen molar-refractivity contribution < 1.29 is 14.6 Å². The highest BCUT2D eigenvalue weighted by atomic mass is 16.5. The van der Waals surface area contributed by atoms with E-state index in [9.17, 15) is 9.90 Å². The Balaban J connectivity index is 4.25. The third-order valence-corrected chi connectivity index (χ3v) is 5.91. The van der Waals surface area contributed by atoms with E-state index in [1.54, 1.807) is 0 Å². The Labute approximate surface area is 191 Å². The normalized spacial score (nSPS) is 12.9. The molecule has 0 spiro atoms. The molecule has 0 fully saturated rings. The molecule has 0 aliphatic carbocycles. The zero-order valence-electron chi connectivity index (χ0n) is 20.4. The summed E-state index contributed by atoms with van der Waals surface area (Å²) in [5.41, 5.74) is 8.87. The zero-order chi connectivity index (χ0) is 23.0. The number of ether oxygens (including phenoxy) is 1. The van der Waals surface area contributed by atoms with Gasteiger partial charge >= 0.3 is 5.97 Å². The number of hydrogen-bond donors (Lipinski definition) is 1. The lowest BCUT2D eigenvalue weighted by Crippen LogP contribution is -2.30. The lowest BCUT2D eigenvalue weighted by atomic mass is 10.0. The van der Waals surface area contributed by atoms with E-state index >= 15 is 0 Å². The Morgan fingerprint density at radius 2 is 1.29 bits per heavy atom. The number of esters is 1. The molecule has 182 valence electrons. The first-order valence-corrected chi connectivity index (χ1v) is 13.0. The van der Waals surface area contributed by atoms with Gasteiger partial charge in [-0.25, -0.2) is 0 Å². The van der Waals surface area contributed by atoms with Gasteiger partial charge in [0, 0.05) is 17.9 Å². The van der Waals surface area contributed by atoms with Crippen LogP contribution >= 0.6 is 0 Å². The molecule has 31 heavy (non-hydrogen) atoms. The smallest absolute Gasteiger partial charge is 0.306 e. The molecule has 0 saturated carbocycles. The van der Waals surface area contributed by atoms with Gasteiger partial charge < -0.3 is 9.84 Å². The lowest BCUT2D eigenvalue weighted by Gasteiger charge is -2.23. The van der Waals surface area contributed by atoms with Crippen LogP contribution in [0.4, 0.5) is 0 Å². The number of hydrogen-bond acceptors (Lipinski definition) is 4. The molecule has 0 aromatic heterocycles. The van der Waals surface area contributed by atoms with Crippen LogP contribution in [0.1, 0.15) is 136 Å². The first kappa shape index (κ1) is 29.7. The molecule has 0 amide bonds. The molecule has 0 aromatic rings. The van der Waals surface area contributed by atoms with Gasteiger partial charge in [0.1, 0.15) is 6.10 Å². The van der Waals surface area contributed by atoms with Crippen LogP contribution in [0.15, 0.2) is 5.11 Å². The monoisotopic (exact) mass is 439 g/mol. The Morgan fingerprint density at radius 1 is 0.806 bits per heavy atom. The van der Waals surface area contributed by atoms with Crippen molar-refractivity contribution in [1.29, 1.82) is 0 Å². The molecule has 6 heteroatoms. The van der Waals surface area contributed by atoms with E-state index in [4.69, 9.17) is 10.3 Å². The van der Waals surface area contributed by atoms with Crippen LogP contribution in [0.2, 0.25) is 0 Å². The first-order chi connectivity index (χ1) is 15.2. The summed E-state index contributed by atoms with van der Waals surface area (Å²) < 4.78 is 5.72. The summed E-state index contributed by atoms with van der Waals surface area (Å²) in [7, 11) is 0. The summed E-state index contributed by atoms with van der Waals surface area (Å²) in [6.45, 7) is 4.37. The molecule has 0 aliphatic heterocycles. The van der Waals surface area contributed by atoms with Crippen molar-refractivity contribution in [2.75, 3.05) is 6.61 Å². The van der Waals surface area contributed by atoms with E-state index in [1.807, 2.05) is 0 Å². The molecule has 1 unspecified atom stereocenters. The van der Waals surface area contributed by atoms with E-state index in [-0.39, 0.29) is 12.6 Å². The Hall–Kier alpha value is -1.26. The molecule has 0 bridgehead atoms. The Bertz CT molecular complexity index is 453. The number of aliphatic hydroxyl groups is 1. The van der Waals surface area contributed by atoms with Gasteiger partial charge in [0.05, 0.1) is 6.04 Å². The van der Waals surface area contributed by atoms with Crippen molar-refractivity contribution in [3.8, 4) is 0 Å². The second kappa shape index (κ2) is 23.4. The number of aliphatic hydroxyl groups excluding tert-OH is 1. The number of carbonyl (C=O) groups is 1. The fourth-order valence-corrected chi connectivity index (χ4v) is 3.96. The first-order valence-electron chi connectivity index (χ1n) is 13.0. The third kappa shape index (κ3) is 19.2. The maximum atomic E-state index is 12.4. The molecule has 1 N–H and O–H groups in total. The molecule has 0 aromatic carbocycles. The summed E-state index contributed by atoms with van der Waals surface area (Å²) in [5, 5.41) is 13.1. The minimum Gasteiger partial charge on any atom is -0.462 e. The Morgan fingerprint density at radius 3 is 1.77 bits per heavy atom. The summed E-state index contributed by atoms with van der Waals surface area (Å²) in [6, 6.07) is -0.484. The van der Waals surface area contributed by atoms with Crippen LogP contribution in [0.3, 0.4) is 0 Å². The highest BCUT2D eigenvalue weighted by molar-refractivity contribution is 5.69. The topological polar surface area (TPSA) is 95.3 Å². The van der Waals surface area contributed by atoms with Crippen molar-refractivity contribution in [2.45, 2.75) is 148 Å². The highest BCUT2D eigenvalue weighted by Crippen LogP contribution is 2.19. The van der Waals surface area contributed by atoms with Gasteiger partial charge in [-0.1, -0.05) is 109 Å². The van der Waals surface area contributed by atoms with Crippen LogP contribution in [0.25, 0.3) is 10.4 Å². The number of rotatable bonds is 23.